The largest absolute Gasteiger partial charge is 0.389 e. The molecule has 0 radical (unpaired) electrons. The summed E-state index contributed by atoms with van der Waals surface area (Å²) in [5.74, 6) is 0. The summed E-state index contributed by atoms with van der Waals surface area (Å²) in [5.41, 5.74) is 1.74. The zero-order valence-corrected chi connectivity index (χ0v) is 11.7. The third kappa shape index (κ3) is 4.48. The van der Waals surface area contributed by atoms with Crippen molar-refractivity contribution in [3.63, 3.8) is 0 Å². The van der Waals surface area contributed by atoms with E-state index in [2.05, 4.69) is 24.0 Å². The molecule has 1 aliphatic rings. The van der Waals surface area contributed by atoms with Crippen molar-refractivity contribution in [1.82, 2.24) is 5.32 Å². The van der Waals surface area contributed by atoms with Gasteiger partial charge in [0.05, 0.1) is 5.60 Å². The summed E-state index contributed by atoms with van der Waals surface area (Å²) in [6.45, 7) is 5.53. The van der Waals surface area contributed by atoms with Gasteiger partial charge in [0.2, 0.25) is 0 Å². The summed E-state index contributed by atoms with van der Waals surface area (Å²) in [6, 6.07) is 10.2. The fourth-order valence-electron chi connectivity index (χ4n) is 2.79. The van der Waals surface area contributed by atoms with E-state index in [0.29, 0.717) is 6.54 Å². The van der Waals surface area contributed by atoms with E-state index in [1.165, 1.54) is 18.4 Å². The first-order valence-corrected chi connectivity index (χ1v) is 7.36. The van der Waals surface area contributed by atoms with Crippen LogP contribution in [-0.4, -0.2) is 23.8 Å². The molecule has 1 aromatic carbocycles. The Hall–Kier alpha value is -1.12. The van der Waals surface area contributed by atoms with E-state index in [1.54, 1.807) is 0 Å². The van der Waals surface area contributed by atoms with E-state index >= 15 is 0 Å². The van der Waals surface area contributed by atoms with Crippen LogP contribution < -0.4 is 5.32 Å². The average molecular weight is 259 g/mol. The fourth-order valence-corrected chi connectivity index (χ4v) is 2.79. The Balaban J connectivity index is 1.78. The lowest BCUT2D eigenvalue weighted by Gasteiger charge is -2.27. The summed E-state index contributed by atoms with van der Waals surface area (Å²) < 4.78 is 0. The van der Waals surface area contributed by atoms with Crippen LogP contribution in [0.1, 0.15) is 44.1 Å². The van der Waals surface area contributed by atoms with Gasteiger partial charge in [-0.2, -0.15) is 0 Å². The highest BCUT2D eigenvalue weighted by atomic mass is 16.3. The van der Waals surface area contributed by atoms with E-state index in [1.807, 2.05) is 18.2 Å². The second kappa shape index (κ2) is 6.88. The van der Waals surface area contributed by atoms with Crippen LogP contribution in [-0.2, 0) is 0 Å². The Labute approximate surface area is 116 Å². The van der Waals surface area contributed by atoms with E-state index < -0.39 is 5.60 Å². The first-order valence-electron chi connectivity index (χ1n) is 7.36. The quantitative estimate of drug-likeness (QED) is 0.795. The van der Waals surface area contributed by atoms with E-state index in [-0.39, 0.29) is 0 Å². The molecule has 0 saturated heterocycles. The fraction of sp³-hybridized carbons (Fsp3) is 0.529. The van der Waals surface area contributed by atoms with Gasteiger partial charge < -0.3 is 10.4 Å². The minimum absolute atomic E-state index is 0.506. The minimum atomic E-state index is -0.506. The molecule has 0 amide bonds. The average Bonchev–Trinajstić information content (AvgIpc) is 2.65. The van der Waals surface area contributed by atoms with Gasteiger partial charge in [0.25, 0.3) is 0 Å². The van der Waals surface area contributed by atoms with Crippen molar-refractivity contribution in [2.24, 2.45) is 0 Å². The number of nitrogens with one attached hydrogen (secondary N) is 1. The lowest BCUT2D eigenvalue weighted by atomic mass is 9.94. The Bertz CT molecular complexity index is 391. The monoisotopic (exact) mass is 259 g/mol. The third-order valence-electron chi connectivity index (χ3n) is 4.01. The van der Waals surface area contributed by atoms with E-state index in [0.717, 1.165) is 37.8 Å². The molecule has 0 aromatic heterocycles. The van der Waals surface area contributed by atoms with Crippen molar-refractivity contribution < 1.29 is 5.11 Å². The molecule has 0 heterocycles. The van der Waals surface area contributed by atoms with Crippen LogP contribution in [0, 0.1) is 0 Å². The molecular formula is C17H25NO. The van der Waals surface area contributed by atoms with Crippen LogP contribution in [0.5, 0.6) is 0 Å². The molecule has 2 nitrogen and oxygen atoms in total. The molecule has 1 aliphatic carbocycles. The van der Waals surface area contributed by atoms with Gasteiger partial charge in [-0.15, -0.1) is 0 Å². The van der Waals surface area contributed by atoms with Gasteiger partial charge in [-0.1, -0.05) is 62.6 Å². The van der Waals surface area contributed by atoms with Crippen molar-refractivity contribution in [1.29, 1.82) is 0 Å². The maximum absolute atomic E-state index is 10.5. The molecule has 0 atom stereocenters. The topological polar surface area (TPSA) is 32.3 Å². The first kappa shape index (κ1) is 14.3. The number of benzene rings is 1. The Morgan fingerprint density at radius 3 is 2.37 bits per heavy atom. The second-order valence-corrected chi connectivity index (χ2v) is 5.71. The Kier molecular flexibility index (Phi) is 5.17. The zero-order chi connectivity index (χ0) is 13.6. The molecule has 1 aromatic rings. The Morgan fingerprint density at radius 2 is 1.74 bits per heavy atom. The molecule has 19 heavy (non-hydrogen) atoms. The number of hydrogen-bond donors (Lipinski definition) is 2. The van der Waals surface area contributed by atoms with Crippen LogP contribution in [0.3, 0.4) is 0 Å². The van der Waals surface area contributed by atoms with Crippen LogP contribution >= 0.6 is 0 Å². The van der Waals surface area contributed by atoms with E-state index in [4.69, 9.17) is 0 Å². The minimum Gasteiger partial charge on any atom is -0.389 e. The third-order valence-corrected chi connectivity index (χ3v) is 4.01. The lowest BCUT2D eigenvalue weighted by molar-refractivity contribution is 0.0264. The highest BCUT2D eigenvalue weighted by Crippen LogP contribution is 2.26. The lowest BCUT2D eigenvalue weighted by Crippen LogP contribution is -2.40. The maximum Gasteiger partial charge on any atom is 0.0771 e. The van der Waals surface area contributed by atoms with Crippen LogP contribution in [0.2, 0.25) is 0 Å². The van der Waals surface area contributed by atoms with Crippen LogP contribution in [0.25, 0.3) is 5.57 Å². The van der Waals surface area contributed by atoms with Gasteiger partial charge in [0.1, 0.15) is 0 Å². The zero-order valence-electron chi connectivity index (χ0n) is 11.7. The van der Waals surface area contributed by atoms with Crippen molar-refractivity contribution >= 4 is 5.57 Å². The SMILES string of the molecule is C=C(CNCC1(O)CCCCCC1)c1ccccc1. The predicted molar refractivity (Wildman–Crippen MR) is 81.0 cm³/mol. The van der Waals surface area contributed by atoms with Crippen molar-refractivity contribution in [3.8, 4) is 0 Å². The Morgan fingerprint density at radius 1 is 1.11 bits per heavy atom. The number of hydrogen-bond acceptors (Lipinski definition) is 2. The molecule has 2 rings (SSSR count). The highest BCUT2D eigenvalue weighted by molar-refractivity contribution is 5.64. The molecule has 0 unspecified atom stereocenters. The van der Waals surface area contributed by atoms with Gasteiger partial charge in [-0.05, 0) is 24.0 Å². The predicted octanol–water partition coefficient (Wildman–Crippen LogP) is 3.37. The molecule has 2 N–H and O–H groups in total. The molecule has 0 aliphatic heterocycles. The maximum atomic E-state index is 10.5. The second-order valence-electron chi connectivity index (χ2n) is 5.71. The summed E-state index contributed by atoms with van der Waals surface area (Å²) >= 11 is 0. The van der Waals surface area contributed by atoms with Gasteiger partial charge in [-0.3, -0.25) is 0 Å². The summed E-state index contributed by atoms with van der Waals surface area (Å²) in [4.78, 5) is 0. The number of rotatable bonds is 5. The van der Waals surface area contributed by atoms with Crippen LogP contribution in [0.15, 0.2) is 36.9 Å². The standard InChI is InChI=1S/C17H25NO/c1-15(16-9-5-4-6-10-16)13-18-14-17(19)11-7-2-3-8-12-17/h4-6,9-10,18-19H,1-3,7-8,11-14H2. The van der Waals surface area contributed by atoms with Crippen LogP contribution in [0.4, 0.5) is 0 Å². The summed E-state index contributed by atoms with van der Waals surface area (Å²) in [6.07, 6.45) is 6.68. The molecular weight excluding hydrogens is 234 g/mol. The van der Waals surface area contributed by atoms with Gasteiger partial charge in [-0.25, -0.2) is 0 Å². The highest BCUT2D eigenvalue weighted by Gasteiger charge is 2.27. The summed E-state index contributed by atoms with van der Waals surface area (Å²) in [7, 11) is 0. The van der Waals surface area contributed by atoms with Gasteiger partial charge in [0, 0.05) is 13.1 Å². The molecule has 1 saturated carbocycles. The van der Waals surface area contributed by atoms with E-state index in [9.17, 15) is 5.11 Å². The normalized spacial score (nSPS) is 18.8. The first-order chi connectivity index (χ1) is 9.20. The van der Waals surface area contributed by atoms with Gasteiger partial charge >= 0.3 is 0 Å². The van der Waals surface area contributed by atoms with Gasteiger partial charge in [0.15, 0.2) is 0 Å². The summed E-state index contributed by atoms with van der Waals surface area (Å²) in [5, 5.41) is 13.9. The molecule has 0 bridgehead atoms. The number of aliphatic hydroxyl groups is 1. The molecule has 1 fully saturated rings. The molecule has 0 spiro atoms. The smallest absolute Gasteiger partial charge is 0.0771 e. The molecule has 104 valence electrons. The van der Waals surface area contributed by atoms with Crippen molar-refractivity contribution in [2.45, 2.75) is 44.1 Å². The van der Waals surface area contributed by atoms with Crippen molar-refractivity contribution in [2.75, 3.05) is 13.1 Å². The van der Waals surface area contributed by atoms with Crippen molar-refractivity contribution in [3.05, 3.63) is 42.5 Å². The molecule has 2 heteroatoms.